The van der Waals surface area contributed by atoms with Crippen molar-refractivity contribution in [2.45, 2.75) is 39.2 Å². The lowest BCUT2D eigenvalue weighted by molar-refractivity contribution is 0.262. The fourth-order valence-corrected chi connectivity index (χ4v) is 1.77. The summed E-state index contributed by atoms with van der Waals surface area (Å²) in [6, 6.07) is 0.912. The molecule has 0 radical (unpaired) electrons. The summed E-state index contributed by atoms with van der Waals surface area (Å²) in [5, 5.41) is 0. The van der Waals surface area contributed by atoms with Gasteiger partial charge in [0.05, 0.1) is 0 Å². The summed E-state index contributed by atoms with van der Waals surface area (Å²) < 4.78 is 0. The highest BCUT2D eigenvalue weighted by Crippen LogP contribution is 2.18. The molecule has 1 aliphatic rings. The van der Waals surface area contributed by atoms with E-state index in [-0.39, 0.29) is 11.6 Å². The van der Waals surface area contributed by atoms with Crippen molar-refractivity contribution in [2.75, 3.05) is 13.1 Å². The molecule has 0 aromatic carbocycles. The average molecular weight is 162 g/mol. The first-order chi connectivity index (χ1) is 4.38. The van der Waals surface area contributed by atoms with Crippen LogP contribution in [0.3, 0.4) is 0 Å². The number of nitrogens with zero attached hydrogens (tertiary/aromatic N) is 1. The molecule has 1 heterocycles. The molecule has 1 unspecified atom stereocenters. The summed E-state index contributed by atoms with van der Waals surface area (Å²) in [6.45, 7) is 7.14. The van der Waals surface area contributed by atoms with Crippen LogP contribution in [0.5, 0.6) is 0 Å². The van der Waals surface area contributed by atoms with Crippen LogP contribution >= 0.6 is 0 Å². The maximum atomic E-state index is 2.58. The summed E-state index contributed by atoms with van der Waals surface area (Å²) in [5.41, 5.74) is 0. The Balaban J connectivity index is 0. The molecule has 0 aromatic rings. The summed E-state index contributed by atoms with van der Waals surface area (Å²) in [4.78, 5) is 2.58. The van der Waals surface area contributed by atoms with Crippen LogP contribution in [-0.2, 0) is 0 Å². The van der Waals surface area contributed by atoms with Gasteiger partial charge in [-0.15, -0.1) is 0 Å². The molecule has 3 heteroatoms. The minimum atomic E-state index is 0. The van der Waals surface area contributed by atoms with Gasteiger partial charge in [0.2, 0.25) is 0 Å². The minimum Gasteiger partial charge on any atom is -0.412 e. The van der Waals surface area contributed by atoms with Gasteiger partial charge in [-0.2, -0.15) is 0 Å². The number of rotatable bonds is 2. The number of hydrogen-bond donors (Lipinski definition) is 1. The third-order valence-electron chi connectivity index (χ3n) is 2.38. The van der Waals surface area contributed by atoms with Gasteiger partial charge in [0.25, 0.3) is 0 Å². The van der Waals surface area contributed by atoms with Crippen molar-refractivity contribution in [1.29, 1.82) is 0 Å². The zero-order valence-electron chi connectivity index (χ0n) is 7.77. The Hall–Kier alpha value is -0.120. The van der Waals surface area contributed by atoms with E-state index in [4.69, 9.17) is 0 Å². The van der Waals surface area contributed by atoms with Crippen LogP contribution in [0, 0.1) is 0 Å². The fourth-order valence-electron chi connectivity index (χ4n) is 1.77. The van der Waals surface area contributed by atoms with E-state index in [0.717, 1.165) is 6.04 Å². The minimum absolute atomic E-state index is 0. The van der Waals surface area contributed by atoms with Gasteiger partial charge >= 0.3 is 0 Å². The highest BCUT2D eigenvalue weighted by molar-refractivity contribution is 4.76. The first-order valence-electron chi connectivity index (χ1n) is 4.12. The van der Waals surface area contributed by atoms with Crippen LogP contribution in [0.1, 0.15) is 33.1 Å². The predicted octanol–water partition coefficient (Wildman–Crippen LogP) is 1.22. The fraction of sp³-hybridized carbons (Fsp3) is 1.00. The Morgan fingerprint density at radius 2 is 2.00 bits per heavy atom. The molecule has 11 heavy (non-hydrogen) atoms. The van der Waals surface area contributed by atoms with Crippen molar-refractivity contribution in [3.8, 4) is 0 Å². The normalized spacial score (nSPS) is 24.0. The molecule has 70 valence electrons. The summed E-state index contributed by atoms with van der Waals surface area (Å²) in [7, 11) is 0. The molecule has 3 nitrogen and oxygen atoms in total. The van der Waals surface area contributed by atoms with Gasteiger partial charge in [-0.3, -0.25) is 0 Å². The molecule has 0 aliphatic carbocycles. The first-order valence-corrected chi connectivity index (χ1v) is 4.12. The Kier molecular flexibility index (Phi) is 8.06. The van der Waals surface area contributed by atoms with Gasteiger partial charge in [0.15, 0.2) is 0 Å². The average Bonchev–Trinajstić information content (AvgIpc) is 2.33. The molecule has 0 saturated carbocycles. The highest BCUT2D eigenvalue weighted by atomic mass is 16.0. The zero-order chi connectivity index (χ0) is 6.69. The molecule has 1 atom stereocenters. The summed E-state index contributed by atoms with van der Waals surface area (Å²) in [5.74, 6) is 0. The zero-order valence-corrected chi connectivity index (χ0v) is 7.77. The van der Waals surface area contributed by atoms with Crippen LogP contribution in [-0.4, -0.2) is 29.5 Å². The Morgan fingerprint density at radius 1 is 1.36 bits per heavy atom. The Labute approximate surface area is 69.7 Å². The molecule has 0 bridgehead atoms. The van der Waals surface area contributed by atoms with E-state index in [0.29, 0.717) is 0 Å². The lowest BCUT2D eigenvalue weighted by atomic mass is 10.2. The van der Waals surface area contributed by atoms with Gasteiger partial charge in [0.1, 0.15) is 0 Å². The van der Waals surface area contributed by atoms with Crippen LogP contribution in [0.4, 0.5) is 0 Å². The van der Waals surface area contributed by atoms with E-state index < -0.39 is 0 Å². The number of hydrogen-bond acceptors (Lipinski definition) is 2. The second-order valence-corrected chi connectivity index (χ2v) is 2.83. The third kappa shape index (κ3) is 3.18. The lowest BCUT2D eigenvalue weighted by Gasteiger charge is -2.20. The monoisotopic (exact) mass is 162 g/mol. The second-order valence-electron chi connectivity index (χ2n) is 2.83. The summed E-state index contributed by atoms with van der Waals surface area (Å²) >= 11 is 0. The maximum absolute atomic E-state index is 2.58. The van der Waals surface area contributed by atoms with E-state index in [1.165, 1.54) is 32.4 Å². The molecule has 1 rings (SSSR count). The van der Waals surface area contributed by atoms with Crippen LogP contribution < -0.4 is 6.15 Å². The maximum Gasteiger partial charge on any atom is 0.00929 e. The third-order valence-corrected chi connectivity index (χ3v) is 2.38. The summed E-state index contributed by atoms with van der Waals surface area (Å²) in [6.07, 6.45) is 4.20. The molecule has 1 fully saturated rings. The Morgan fingerprint density at radius 3 is 2.36 bits per heavy atom. The standard InChI is InChI=1S/C8H17N.H3N.H2O/c1-3-8-6-5-7-9(8)4-2;;/h8H,3-7H2,1-2H3;1H3;1H2. The number of likely N-dealkylation sites (tertiary alicyclic amines) is 1. The largest absolute Gasteiger partial charge is 0.412 e. The van der Waals surface area contributed by atoms with Gasteiger partial charge in [-0.25, -0.2) is 0 Å². The molecular weight excluding hydrogens is 140 g/mol. The van der Waals surface area contributed by atoms with Gasteiger partial charge in [0, 0.05) is 6.04 Å². The van der Waals surface area contributed by atoms with Crippen molar-refractivity contribution in [3.05, 3.63) is 0 Å². The van der Waals surface area contributed by atoms with E-state index >= 15 is 0 Å². The second kappa shape index (κ2) is 6.58. The topological polar surface area (TPSA) is 69.7 Å². The quantitative estimate of drug-likeness (QED) is 0.663. The predicted molar refractivity (Wildman–Crippen MR) is 49.2 cm³/mol. The van der Waals surface area contributed by atoms with Crippen molar-refractivity contribution in [1.82, 2.24) is 11.1 Å². The first kappa shape index (κ1) is 13.5. The van der Waals surface area contributed by atoms with E-state index in [2.05, 4.69) is 18.7 Å². The van der Waals surface area contributed by atoms with E-state index in [1.807, 2.05) is 0 Å². The van der Waals surface area contributed by atoms with Crippen molar-refractivity contribution >= 4 is 0 Å². The molecular formula is C8H22N2O. The molecule has 1 saturated heterocycles. The lowest BCUT2D eigenvalue weighted by Crippen LogP contribution is -2.28. The highest BCUT2D eigenvalue weighted by Gasteiger charge is 2.20. The van der Waals surface area contributed by atoms with Gasteiger partial charge < -0.3 is 16.5 Å². The Bertz CT molecular complexity index is 78.2. The molecule has 0 amide bonds. The van der Waals surface area contributed by atoms with Gasteiger partial charge in [-0.05, 0) is 32.4 Å². The molecule has 0 aromatic heterocycles. The molecule has 0 spiro atoms. The smallest absolute Gasteiger partial charge is 0.00929 e. The van der Waals surface area contributed by atoms with Crippen LogP contribution in [0.15, 0.2) is 0 Å². The van der Waals surface area contributed by atoms with Crippen molar-refractivity contribution in [2.24, 2.45) is 0 Å². The van der Waals surface area contributed by atoms with Gasteiger partial charge in [-0.1, -0.05) is 13.8 Å². The van der Waals surface area contributed by atoms with Crippen molar-refractivity contribution < 1.29 is 5.48 Å². The van der Waals surface area contributed by atoms with Crippen molar-refractivity contribution in [3.63, 3.8) is 0 Å². The van der Waals surface area contributed by atoms with E-state index in [1.54, 1.807) is 0 Å². The van der Waals surface area contributed by atoms with E-state index in [9.17, 15) is 0 Å². The SMILES string of the molecule is CCC1CCCN1CC.N.O. The van der Waals surface area contributed by atoms with Crippen LogP contribution in [0.25, 0.3) is 0 Å². The molecule has 5 N–H and O–H groups in total. The van der Waals surface area contributed by atoms with Crippen LogP contribution in [0.2, 0.25) is 0 Å². The molecule has 1 aliphatic heterocycles.